The Kier molecular flexibility index (Phi) is 1.48. The minimum Gasteiger partial charge on any atom is -0.327 e. The van der Waals surface area contributed by atoms with Crippen molar-refractivity contribution in [1.29, 1.82) is 0 Å². The number of rotatable bonds is 0. The first-order chi connectivity index (χ1) is 4.79. The van der Waals surface area contributed by atoms with Crippen LogP contribution >= 0.6 is 0 Å². The van der Waals surface area contributed by atoms with Gasteiger partial charge in [-0.1, -0.05) is 13.3 Å². The maximum absolute atomic E-state index is 6.07. The Balaban J connectivity index is 2.14. The van der Waals surface area contributed by atoms with E-state index in [-0.39, 0.29) is 0 Å². The summed E-state index contributed by atoms with van der Waals surface area (Å²) in [4.78, 5) is 0. The molecular formula is C9H17N. The zero-order valence-corrected chi connectivity index (χ0v) is 6.72. The van der Waals surface area contributed by atoms with Crippen LogP contribution in [0.4, 0.5) is 0 Å². The van der Waals surface area contributed by atoms with Gasteiger partial charge in [0.25, 0.3) is 0 Å². The van der Waals surface area contributed by atoms with Gasteiger partial charge in [0.05, 0.1) is 0 Å². The van der Waals surface area contributed by atoms with E-state index in [1.165, 1.54) is 25.7 Å². The van der Waals surface area contributed by atoms with E-state index in [9.17, 15) is 0 Å². The van der Waals surface area contributed by atoms with Crippen molar-refractivity contribution in [3.8, 4) is 0 Å². The summed E-state index contributed by atoms with van der Waals surface area (Å²) in [6, 6.07) is 0.559. The van der Waals surface area contributed by atoms with Crippen molar-refractivity contribution in [1.82, 2.24) is 0 Å². The summed E-state index contributed by atoms with van der Waals surface area (Å²) in [5.41, 5.74) is 6.07. The van der Waals surface area contributed by atoms with Crippen molar-refractivity contribution in [2.45, 2.75) is 38.6 Å². The highest BCUT2D eigenvalue weighted by Gasteiger charge is 2.40. The molecule has 3 unspecified atom stereocenters. The van der Waals surface area contributed by atoms with Gasteiger partial charge in [-0.3, -0.25) is 0 Å². The van der Waals surface area contributed by atoms with Crippen molar-refractivity contribution in [2.24, 2.45) is 23.5 Å². The lowest BCUT2D eigenvalue weighted by Gasteiger charge is -2.27. The third-order valence-corrected chi connectivity index (χ3v) is 3.56. The fourth-order valence-corrected chi connectivity index (χ4v) is 2.94. The van der Waals surface area contributed by atoms with Gasteiger partial charge in [0.2, 0.25) is 0 Å². The Hall–Kier alpha value is -0.0400. The highest BCUT2D eigenvalue weighted by atomic mass is 14.7. The van der Waals surface area contributed by atoms with Crippen molar-refractivity contribution in [3.63, 3.8) is 0 Å². The molecular weight excluding hydrogens is 122 g/mol. The second kappa shape index (κ2) is 2.23. The number of nitrogens with two attached hydrogens (primary N) is 1. The van der Waals surface area contributed by atoms with E-state index in [1.807, 2.05) is 0 Å². The quantitative estimate of drug-likeness (QED) is 0.544. The molecule has 58 valence electrons. The van der Waals surface area contributed by atoms with Gasteiger partial charge < -0.3 is 5.73 Å². The summed E-state index contributed by atoms with van der Waals surface area (Å²) in [7, 11) is 0. The molecule has 2 fully saturated rings. The summed E-state index contributed by atoms with van der Waals surface area (Å²) in [5.74, 6) is 2.68. The van der Waals surface area contributed by atoms with Crippen LogP contribution in [0.2, 0.25) is 0 Å². The third kappa shape index (κ3) is 0.800. The highest BCUT2D eigenvalue weighted by Crippen LogP contribution is 2.44. The van der Waals surface area contributed by atoms with Crippen LogP contribution in [0.25, 0.3) is 0 Å². The van der Waals surface area contributed by atoms with Gasteiger partial charge in [0.1, 0.15) is 0 Å². The van der Waals surface area contributed by atoms with E-state index in [0.29, 0.717) is 6.04 Å². The monoisotopic (exact) mass is 139 g/mol. The molecule has 2 aliphatic rings. The van der Waals surface area contributed by atoms with E-state index in [0.717, 1.165) is 17.8 Å². The fraction of sp³-hybridized carbons (Fsp3) is 1.00. The lowest BCUT2D eigenvalue weighted by atomic mass is 9.83. The molecule has 4 atom stereocenters. The Labute approximate surface area is 63.0 Å². The SMILES string of the molecule is C[C@H]1CC2CCCC1C2N. The second-order valence-electron chi connectivity index (χ2n) is 4.15. The second-order valence-corrected chi connectivity index (χ2v) is 4.15. The summed E-state index contributed by atoms with van der Waals surface area (Å²) in [6.45, 7) is 2.37. The highest BCUT2D eigenvalue weighted by molar-refractivity contribution is 4.94. The Morgan fingerprint density at radius 3 is 2.70 bits per heavy atom. The summed E-state index contributed by atoms with van der Waals surface area (Å²) in [6.07, 6.45) is 5.65. The molecule has 10 heavy (non-hydrogen) atoms. The predicted molar refractivity (Wildman–Crippen MR) is 42.6 cm³/mol. The first-order valence-corrected chi connectivity index (χ1v) is 4.54. The Bertz CT molecular complexity index is 133. The van der Waals surface area contributed by atoms with Crippen molar-refractivity contribution >= 4 is 0 Å². The first-order valence-electron chi connectivity index (χ1n) is 4.54. The molecule has 1 nitrogen and oxygen atoms in total. The maximum atomic E-state index is 6.07. The van der Waals surface area contributed by atoms with Crippen LogP contribution in [0.1, 0.15) is 32.6 Å². The van der Waals surface area contributed by atoms with Crippen molar-refractivity contribution < 1.29 is 0 Å². The van der Waals surface area contributed by atoms with Gasteiger partial charge in [-0.05, 0) is 37.0 Å². The predicted octanol–water partition coefficient (Wildman–Crippen LogP) is 1.77. The van der Waals surface area contributed by atoms with E-state index in [4.69, 9.17) is 5.73 Å². The molecule has 0 aromatic heterocycles. The molecule has 1 heteroatoms. The zero-order chi connectivity index (χ0) is 7.14. The first kappa shape index (κ1) is 6.66. The van der Waals surface area contributed by atoms with E-state index < -0.39 is 0 Å². The fourth-order valence-electron chi connectivity index (χ4n) is 2.94. The van der Waals surface area contributed by atoms with Crippen LogP contribution in [-0.2, 0) is 0 Å². The van der Waals surface area contributed by atoms with Crippen molar-refractivity contribution in [2.75, 3.05) is 0 Å². The Morgan fingerprint density at radius 2 is 2.10 bits per heavy atom. The zero-order valence-electron chi connectivity index (χ0n) is 6.72. The van der Waals surface area contributed by atoms with Gasteiger partial charge in [0, 0.05) is 6.04 Å². The average Bonchev–Trinajstić information content (AvgIpc) is 2.16. The van der Waals surface area contributed by atoms with E-state index in [1.54, 1.807) is 0 Å². The summed E-state index contributed by atoms with van der Waals surface area (Å²) in [5, 5.41) is 0. The van der Waals surface area contributed by atoms with Crippen LogP contribution in [0.5, 0.6) is 0 Å². The van der Waals surface area contributed by atoms with Crippen LogP contribution in [0.3, 0.4) is 0 Å². The van der Waals surface area contributed by atoms with Crippen LogP contribution in [0, 0.1) is 17.8 Å². The molecule has 0 aromatic rings. The van der Waals surface area contributed by atoms with Crippen LogP contribution < -0.4 is 5.73 Å². The topological polar surface area (TPSA) is 26.0 Å². The largest absolute Gasteiger partial charge is 0.327 e. The summed E-state index contributed by atoms with van der Waals surface area (Å²) < 4.78 is 0. The number of hydrogen-bond acceptors (Lipinski definition) is 1. The number of hydrogen-bond donors (Lipinski definition) is 1. The molecule has 0 heterocycles. The molecule has 2 bridgehead atoms. The number of fused-ring (bicyclic) bond motifs is 2. The summed E-state index contributed by atoms with van der Waals surface area (Å²) >= 11 is 0. The minimum atomic E-state index is 0.559. The molecule has 0 amide bonds. The van der Waals surface area contributed by atoms with E-state index in [2.05, 4.69) is 6.92 Å². The normalized spacial score (nSPS) is 53.4. The molecule has 2 aliphatic carbocycles. The third-order valence-electron chi connectivity index (χ3n) is 3.56. The minimum absolute atomic E-state index is 0.559. The lowest BCUT2D eigenvalue weighted by Crippen LogP contribution is -2.35. The maximum Gasteiger partial charge on any atom is 0.00982 e. The van der Waals surface area contributed by atoms with Crippen molar-refractivity contribution in [3.05, 3.63) is 0 Å². The molecule has 0 radical (unpaired) electrons. The van der Waals surface area contributed by atoms with Crippen LogP contribution in [0.15, 0.2) is 0 Å². The van der Waals surface area contributed by atoms with Gasteiger partial charge in [-0.15, -0.1) is 0 Å². The molecule has 2 rings (SSSR count). The van der Waals surface area contributed by atoms with Crippen LogP contribution in [-0.4, -0.2) is 6.04 Å². The molecule has 0 saturated heterocycles. The average molecular weight is 139 g/mol. The molecule has 2 saturated carbocycles. The van der Waals surface area contributed by atoms with E-state index >= 15 is 0 Å². The molecule has 0 aliphatic heterocycles. The lowest BCUT2D eigenvalue weighted by molar-refractivity contribution is 0.285. The van der Waals surface area contributed by atoms with Gasteiger partial charge in [-0.2, -0.15) is 0 Å². The van der Waals surface area contributed by atoms with Gasteiger partial charge in [0.15, 0.2) is 0 Å². The van der Waals surface area contributed by atoms with Gasteiger partial charge in [-0.25, -0.2) is 0 Å². The molecule has 0 aromatic carbocycles. The van der Waals surface area contributed by atoms with Gasteiger partial charge >= 0.3 is 0 Å². The molecule has 2 N–H and O–H groups in total. The Morgan fingerprint density at radius 1 is 1.30 bits per heavy atom. The molecule has 0 spiro atoms. The smallest absolute Gasteiger partial charge is 0.00982 e. The standard InChI is InChI=1S/C9H17N/c1-6-5-7-3-2-4-8(6)9(7)10/h6-9H,2-5,10H2,1H3/t6-,7?,8?,9?/m0/s1.